The molecule has 1 unspecified atom stereocenters. The fraction of sp³-hybridized carbons (Fsp3) is 0.391. The summed E-state index contributed by atoms with van der Waals surface area (Å²) in [4.78, 5) is 27.0. The topological polar surface area (TPSA) is 86.8 Å². The van der Waals surface area contributed by atoms with Crippen LogP contribution in [0.15, 0.2) is 48.5 Å². The first-order valence-electron chi connectivity index (χ1n) is 10.6. The van der Waals surface area contributed by atoms with E-state index in [2.05, 4.69) is 5.32 Å². The van der Waals surface area contributed by atoms with Crippen LogP contribution in [0.25, 0.3) is 0 Å². The van der Waals surface area contributed by atoms with Crippen molar-refractivity contribution in [3.63, 3.8) is 0 Å². The molecule has 2 aromatic rings. The number of halogens is 2. The number of nitrogens with one attached hydrogen (secondary N) is 1. The molecule has 0 radical (unpaired) electrons. The average Bonchev–Trinajstić information content (AvgIpc) is 2.77. The molecule has 0 aromatic heterocycles. The summed E-state index contributed by atoms with van der Waals surface area (Å²) in [5.41, 5.74) is 0.737. The van der Waals surface area contributed by atoms with Gasteiger partial charge in [-0.15, -0.1) is 0 Å². The third-order valence-electron chi connectivity index (χ3n) is 5.17. The van der Waals surface area contributed by atoms with Gasteiger partial charge in [0.2, 0.25) is 21.8 Å². The second-order valence-electron chi connectivity index (χ2n) is 7.58. The number of benzene rings is 2. The number of para-hydroxylation sites is 1. The molecule has 0 saturated heterocycles. The summed E-state index contributed by atoms with van der Waals surface area (Å²) in [6.07, 6.45) is 1.54. The Bertz CT molecular complexity index is 1060. The standard InChI is InChI=1S/C23H29ClFN3O4S/c1-4-20(23(30)26-2)27(16-17-11-13-18(24)14-12-17)22(29)10-7-15-28(33(3,31)32)21-9-6-5-8-19(21)25/h5-6,8-9,11-14,20H,4,7,10,15-16H2,1-3H3,(H,26,30). The minimum atomic E-state index is -3.76. The number of carbonyl (C=O) groups is 2. The maximum atomic E-state index is 14.2. The molecule has 0 bridgehead atoms. The van der Waals surface area contributed by atoms with Crippen molar-refractivity contribution in [1.29, 1.82) is 0 Å². The van der Waals surface area contributed by atoms with Gasteiger partial charge in [0.15, 0.2) is 0 Å². The van der Waals surface area contributed by atoms with E-state index in [1.54, 1.807) is 30.3 Å². The van der Waals surface area contributed by atoms with Crippen molar-refractivity contribution >= 4 is 39.1 Å². The second-order valence-corrected chi connectivity index (χ2v) is 9.92. The van der Waals surface area contributed by atoms with Crippen LogP contribution >= 0.6 is 11.6 Å². The Morgan fingerprint density at radius 1 is 1.12 bits per heavy atom. The fourth-order valence-electron chi connectivity index (χ4n) is 3.51. The SMILES string of the molecule is CCC(C(=O)NC)N(Cc1ccc(Cl)cc1)C(=O)CCCN(c1ccccc1F)S(C)(=O)=O. The van der Waals surface area contributed by atoms with Crippen molar-refractivity contribution in [3.8, 4) is 0 Å². The molecule has 180 valence electrons. The largest absolute Gasteiger partial charge is 0.357 e. The van der Waals surface area contributed by atoms with Crippen LogP contribution in [0.2, 0.25) is 5.02 Å². The first kappa shape index (κ1) is 26.6. The van der Waals surface area contributed by atoms with Crippen molar-refractivity contribution < 1.29 is 22.4 Å². The molecule has 10 heteroatoms. The molecule has 0 aliphatic carbocycles. The number of rotatable bonds is 11. The van der Waals surface area contributed by atoms with Crippen LogP contribution in [0.5, 0.6) is 0 Å². The van der Waals surface area contributed by atoms with Crippen LogP contribution in [0.3, 0.4) is 0 Å². The Morgan fingerprint density at radius 2 is 1.76 bits per heavy atom. The third-order valence-corrected chi connectivity index (χ3v) is 6.60. The molecule has 0 fully saturated rings. The van der Waals surface area contributed by atoms with Crippen LogP contribution in [-0.4, -0.2) is 51.0 Å². The number of hydrogen-bond donors (Lipinski definition) is 1. The Hall–Kier alpha value is -2.65. The molecule has 1 atom stereocenters. The predicted octanol–water partition coefficient (Wildman–Crippen LogP) is 3.58. The van der Waals surface area contributed by atoms with Gasteiger partial charge in [0.05, 0.1) is 11.9 Å². The summed E-state index contributed by atoms with van der Waals surface area (Å²) >= 11 is 5.94. The maximum Gasteiger partial charge on any atom is 0.242 e. The number of likely N-dealkylation sites (N-methyl/N-ethyl adjacent to an activating group) is 1. The monoisotopic (exact) mass is 497 g/mol. The summed E-state index contributed by atoms with van der Waals surface area (Å²) in [5, 5.41) is 3.14. The van der Waals surface area contributed by atoms with Gasteiger partial charge >= 0.3 is 0 Å². The predicted molar refractivity (Wildman–Crippen MR) is 128 cm³/mol. The number of nitrogens with zero attached hydrogens (tertiary/aromatic N) is 2. The molecule has 2 aromatic carbocycles. The minimum Gasteiger partial charge on any atom is -0.357 e. The molecule has 2 rings (SSSR count). The van der Waals surface area contributed by atoms with Crippen LogP contribution < -0.4 is 9.62 Å². The summed E-state index contributed by atoms with van der Waals surface area (Å²) in [7, 11) is -2.25. The summed E-state index contributed by atoms with van der Waals surface area (Å²) < 4.78 is 39.6. The van der Waals surface area contributed by atoms with Gasteiger partial charge in [0.1, 0.15) is 11.9 Å². The fourth-order valence-corrected chi connectivity index (χ4v) is 4.60. The first-order chi connectivity index (χ1) is 15.6. The lowest BCUT2D eigenvalue weighted by Gasteiger charge is -2.30. The summed E-state index contributed by atoms with van der Waals surface area (Å²) in [6.45, 7) is 1.94. The van der Waals surface area contributed by atoms with Crippen LogP contribution in [0.4, 0.5) is 10.1 Å². The number of amides is 2. The molecular weight excluding hydrogens is 469 g/mol. The minimum absolute atomic E-state index is 0.0123. The zero-order valence-electron chi connectivity index (χ0n) is 18.9. The second kappa shape index (κ2) is 12.0. The summed E-state index contributed by atoms with van der Waals surface area (Å²) in [6, 6.07) is 11.9. The maximum absolute atomic E-state index is 14.2. The highest BCUT2D eigenvalue weighted by Crippen LogP contribution is 2.22. The van der Waals surface area contributed by atoms with E-state index >= 15 is 0 Å². The van der Waals surface area contributed by atoms with E-state index in [-0.39, 0.29) is 43.4 Å². The van der Waals surface area contributed by atoms with Crippen molar-refractivity contribution in [2.24, 2.45) is 0 Å². The summed E-state index contributed by atoms with van der Waals surface area (Å²) in [5.74, 6) is -1.25. The van der Waals surface area contributed by atoms with Crippen LogP contribution in [-0.2, 0) is 26.2 Å². The number of hydrogen-bond acceptors (Lipinski definition) is 4. The van der Waals surface area contributed by atoms with E-state index < -0.39 is 21.9 Å². The molecule has 2 amide bonds. The van der Waals surface area contributed by atoms with E-state index in [9.17, 15) is 22.4 Å². The highest BCUT2D eigenvalue weighted by molar-refractivity contribution is 7.92. The Kier molecular flexibility index (Phi) is 9.67. The van der Waals surface area contributed by atoms with Crippen molar-refractivity contribution in [2.45, 2.75) is 38.8 Å². The van der Waals surface area contributed by atoms with E-state index in [0.29, 0.717) is 11.4 Å². The Morgan fingerprint density at radius 3 is 2.30 bits per heavy atom. The number of carbonyl (C=O) groups excluding carboxylic acids is 2. The molecule has 1 N–H and O–H groups in total. The van der Waals surface area contributed by atoms with Gasteiger partial charge in [-0.3, -0.25) is 13.9 Å². The molecule has 0 saturated carbocycles. The van der Waals surface area contributed by atoms with Gasteiger partial charge in [-0.1, -0.05) is 42.8 Å². The zero-order valence-corrected chi connectivity index (χ0v) is 20.5. The highest BCUT2D eigenvalue weighted by atomic mass is 35.5. The molecule has 0 spiro atoms. The van der Waals surface area contributed by atoms with Crippen molar-refractivity contribution in [1.82, 2.24) is 10.2 Å². The number of sulfonamides is 1. The van der Waals surface area contributed by atoms with Gasteiger partial charge in [-0.2, -0.15) is 0 Å². The van der Waals surface area contributed by atoms with E-state index in [1.807, 2.05) is 6.92 Å². The lowest BCUT2D eigenvalue weighted by molar-refractivity contribution is -0.141. The Balaban J connectivity index is 2.19. The molecule has 0 heterocycles. The van der Waals surface area contributed by atoms with Gasteiger partial charge in [-0.05, 0) is 42.7 Å². The van der Waals surface area contributed by atoms with Crippen molar-refractivity contribution in [2.75, 3.05) is 24.2 Å². The number of anilines is 1. The van der Waals surface area contributed by atoms with Gasteiger partial charge in [-0.25, -0.2) is 12.8 Å². The van der Waals surface area contributed by atoms with E-state index in [1.165, 1.54) is 30.1 Å². The van der Waals surface area contributed by atoms with Crippen LogP contribution in [0, 0.1) is 5.82 Å². The highest BCUT2D eigenvalue weighted by Gasteiger charge is 2.28. The Labute approximate surface area is 199 Å². The van der Waals surface area contributed by atoms with Gasteiger partial charge in [0, 0.05) is 31.6 Å². The molecule has 0 aliphatic heterocycles. The first-order valence-corrected chi connectivity index (χ1v) is 12.8. The normalized spacial score (nSPS) is 12.2. The third kappa shape index (κ3) is 7.43. The van der Waals surface area contributed by atoms with Gasteiger partial charge < -0.3 is 10.2 Å². The average molecular weight is 498 g/mol. The molecule has 7 nitrogen and oxygen atoms in total. The van der Waals surface area contributed by atoms with Crippen molar-refractivity contribution in [3.05, 3.63) is 64.9 Å². The van der Waals surface area contributed by atoms with Crippen LogP contribution in [0.1, 0.15) is 31.7 Å². The quantitative estimate of drug-likeness (QED) is 0.514. The van der Waals surface area contributed by atoms with E-state index in [4.69, 9.17) is 11.6 Å². The van der Waals surface area contributed by atoms with Gasteiger partial charge in [0.25, 0.3) is 0 Å². The molecular formula is C23H29ClFN3O4S. The smallest absolute Gasteiger partial charge is 0.242 e. The lowest BCUT2D eigenvalue weighted by atomic mass is 10.1. The lowest BCUT2D eigenvalue weighted by Crippen LogP contribution is -2.48. The van der Waals surface area contributed by atoms with E-state index in [0.717, 1.165) is 16.1 Å². The molecule has 0 aliphatic rings. The zero-order chi connectivity index (χ0) is 24.6. The molecule has 33 heavy (non-hydrogen) atoms.